The monoisotopic (exact) mass is 515 g/mol. The highest BCUT2D eigenvalue weighted by atomic mass is 32.2. The van der Waals surface area contributed by atoms with Crippen LogP contribution in [0.3, 0.4) is 0 Å². The molecule has 6 atom stereocenters. The number of carbonyl (C=O) groups excluding carboxylic acids is 2. The van der Waals surface area contributed by atoms with Crippen LogP contribution in [0.25, 0.3) is 0 Å². The van der Waals surface area contributed by atoms with Crippen molar-refractivity contribution in [3.05, 3.63) is 22.8 Å². The minimum absolute atomic E-state index is 0.0146. The Bertz CT molecular complexity index is 1160. The maximum absolute atomic E-state index is 12.5. The van der Waals surface area contributed by atoms with Crippen molar-refractivity contribution in [2.45, 2.75) is 55.3 Å². The van der Waals surface area contributed by atoms with Crippen LogP contribution in [0.5, 0.6) is 0 Å². The number of aliphatic hydroxyl groups excluding tert-OH is 1. The average Bonchev–Trinajstić information content (AvgIpc) is 3.44. The fourth-order valence-electron chi connectivity index (χ4n) is 4.64. The second kappa shape index (κ2) is 8.96. The molecular weight excluding hydrogens is 490 g/mol. The summed E-state index contributed by atoms with van der Waals surface area (Å²) in [6.45, 7) is 3.68. The van der Waals surface area contributed by atoms with Gasteiger partial charge in [-0.3, -0.25) is 9.59 Å². The number of aliphatic hydroxyl groups is 1. The van der Waals surface area contributed by atoms with Crippen molar-refractivity contribution in [3.63, 3.8) is 0 Å². The van der Waals surface area contributed by atoms with Crippen LogP contribution in [0.2, 0.25) is 0 Å². The summed E-state index contributed by atoms with van der Waals surface area (Å²) in [5, 5.41) is 29.8. The molecular formula is C19H25N5O8S2. The summed E-state index contributed by atoms with van der Waals surface area (Å²) in [4.78, 5) is 42.5. The number of fused-ring (bicyclic) bond motifs is 1. The number of carboxylic acid groups (broad SMARTS) is 1. The zero-order chi connectivity index (χ0) is 24.9. The number of hydrogen-bond acceptors (Lipinski definition) is 10. The number of rotatable bonds is 8. The topological polar surface area (TPSA) is 205 Å². The van der Waals surface area contributed by atoms with Gasteiger partial charge in [-0.05, 0) is 13.3 Å². The zero-order valence-corrected chi connectivity index (χ0v) is 19.9. The van der Waals surface area contributed by atoms with Crippen LogP contribution >= 0.6 is 11.8 Å². The molecule has 0 spiro atoms. The van der Waals surface area contributed by atoms with Crippen molar-refractivity contribution < 1.29 is 37.4 Å². The number of nitrogens with two attached hydrogens (primary N) is 1. The van der Waals surface area contributed by atoms with Crippen molar-refractivity contribution >= 4 is 39.6 Å². The van der Waals surface area contributed by atoms with Gasteiger partial charge in [0.05, 0.1) is 30.7 Å². The van der Waals surface area contributed by atoms with Crippen molar-refractivity contribution in [2.24, 2.45) is 17.0 Å². The highest BCUT2D eigenvalue weighted by Gasteiger charge is 2.60. The molecule has 1 aromatic heterocycles. The molecule has 0 bridgehead atoms. The van der Waals surface area contributed by atoms with Crippen LogP contribution in [0.15, 0.2) is 26.3 Å². The normalized spacial score (nSPS) is 29.7. The minimum atomic E-state index is -4.00. The first kappa shape index (κ1) is 24.7. The Morgan fingerprint density at radius 1 is 1.47 bits per heavy atom. The van der Waals surface area contributed by atoms with Gasteiger partial charge in [0.15, 0.2) is 0 Å². The quantitative estimate of drug-likeness (QED) is 0.253. The number of oxazole rings is 1. The smallest absolute Gasteiger partial charge is 0.353 e. The Morgan fingerprint density at radius 3 is 2.76 bits per heavy atom. The van der Waals surface area contributed by atoms with Crippen molar-refractivity contribution in [1.82, 2.24) is 20.5 Å². The van der Waals surface area contributed by atoms with E-state index in [1.807, 2.05) is 6.92 Å². The summed E-state index contributed by atoms with van der Waals surface area (Å²) >= 11 is 1.33. The highest BCUT2D eigenvalue weighted by Crippen LogP contribution is 2.51. The van der Waals surface area contributed by atoms with Gasteiger partial charge >= 0.3 is 5.97 Å². The van der Waals surface area contributed by atoms with Crippen LogP contribution < -0.4 is 15.8 Å². The first-order chi connectivity index (χ1) is 15.9. The Balaban J connectivity index is 1.37. The fourth-order valence-corrected chi connectivity index (χ4v) is 6.53. The molecule has 2 saturated heterocycles. The van der Waals surface area contributed by atoms with Gasteiger partial charge in [-0.2, -0.15) is 4.98 Å². The SMILES string of the molecule is C[C@@H](O)[C@H]1C(=O)N2C(C(=O)O)=C(S[C@@H]3CN[C@H](C(=O)NCc4nc(S(N)(=O)=O)co4)C3)[C@H](C)[C@H]12. The molecule has 4 heterocycles. The van der Waals surface area contributed by atoms with E-state index in [-0.39, 0.29) is 35.2 Å². The second-order valence-electron chi connectivity index (χ2n) is 8.55. The maximum Gasteiger partial charge on any atom is 0.353 e. The first-order valence-electron chi connectivity index (χ1n) is 10.5. The molecule has 3 aliphatic rings. The second-order valence-corrected chi connectivity index (χ2v) is 11.4. The maximum atomic E-state index is 12.5. The van der Waals surface area contributed by atoms with Gasteiger partial charge in [-0.1, -0.05) is 6.92 Å². The Hall–Kier alpha value is -2.46. The lowest BCUT2D eigenvalue weighted by atomic mass is 9.79. The molecule has 6 N–H and O–H groups in total. The van der Waals surface area contributed by atoms with Crippen LogP contribution in [0, 0.1) is 11.8 Å². The molecule has 0 radical (unpaired) electrons. The van der Waals surface area contributed by atoms with Crippen LogP contribution in [0.1, 0.15) is 26.2 Å². The van der Waals surface area contributed by atoms with Crippen LogP contribution in [-0.2, 0) is 31.0 Å². The number of amides is 2. The number of carboxylic acids is 1. The van der Waals surface area contributed by atoms with E-state index in [1.165, 1.54) is 23.6 Å². The molecule has 0 unspecified atom stereocenters. The molecule has 3 aliphatic heterocycles. The molecule has 13 nitrogen and oxygen atoms in total. The highest BCUT2D eigenvalue weighted by molar-refractivity contribution is 8.03. The summed E-state index contributed by atoms with van der Waals surface area (Å²) < 4.78 is 27.5. The van der Waals surface area contributed by atoms with Gasteiger partial charge in [0.2, 0.25) is 22.7 Å². The molecule has 2 amide bonds. The number of hydrogen-bond donors (Lipinski definition) is 5. The van der Waals surface area contributed by atoms with E-state index in [2.05, 4.69) is 15.6 Å². The molecule has 15 heteroatoms. The predicted octanol–water partition coefficient (Wildman–Crippen LogP) is -1.44. The standard InChI is InChI=1S/C19H25N5O8S2/c1-7-14-13(8(2)25)18(27)24(14)15(19(28)29)16(7)33-9-3-10(21-4-9)17(26)22-5-11-23-12(6-32-11)34(20,30)31/h6-10,13-14,21,25H,3-5H2,1-2H3,(H,22,26)(H,28,29)(H2,20,30,31)/t7-,8-,9+,10+,13-,14-/m1/s1. The molecule has 2 fully saturated rings. The third-order valence-electron chi connectivity index (χ3n) is 6.25. The molecule has 4 rings (SSSR count). The van der Waals surface area contributed by atoms with Gasteiger partial charge in [0.1, 0.15) is 12.0 Å². The van der Waals surface area contributed by atoms with E-state index in [9.17, 15) is 33.0 Å². The van der Waals surface area contributed by atoms with Gasteiger partial charge in [0.25, 0.3) is 10.0 Å². The number of carbonyl (C=O) groups is 3. The van der Waals surface area contributed by atoms with Crippen molar-refractivity contribution in [3.8, 4) is 0 Å². The van der Waals surface area contributed by atoms with Crippen molar-refractivity contribution in [2.75, 3.05) is 6.54 Å². The molecule has 0 aliphatic carbocycles. The van der Waals surface area contributed by atoms with Gasteiger partial charge in [0, 0.05) is 22.6 Å². The minimum Gasteiger partial charge on any atom is -0.477 e. The largest absolute Gasteiger partial charge is 0.477 e. The van der Waals surface area contributed by atoms with Gasteiger partial charge in [-0.15, -0.1) is 11.8 Å². The summed E-state index contributed by atoms with van der Waals surface area (Å²) in [6, 6.07) is -0.947. The lowest BCUT2D eigenvalue weighted by Gasteiger charge is -2.46. The third kappa shape index (κ3) is 4.33. The Labute approximate surface area is 199 Å². The Kier molecular flexibility index (Phi) is 6.50. The number of aliphatic carboxylic acids is 1. The van der Waals surface area contributed by atoms with Crippen molar-refractivity contribution in [1.29, 1.82) is 0 Å². The van der Waals surface area contributed by atoms with Gasteiger partial charge in [-0.25, -0.2) is 18.4 Å². The molecule has 1 aromatic rings. The molecule has 34 heavy (non-hydrogen) atoms. The van der Waals surface area contributed by atoms with E-state index >= 15 is 0 Å². The predicted molar refractivity (Wildman–Crippen MR) is 117 cm³/mol. The van der Waals surface area contributed by atoms with E-state index < -0.39 is 51.0 Å². The number of nitrogens with zero attached hydrogens (tertiary/aromatic N) is 2. The zero-order valence-electron chi connectivity index (χ0n) is 18.3. The molecule has 0 aromatic carbocycles. The van der Waals surface area contributed by atoms with E-state index in [0.29, 0.717) is 17.9 Å². The Morgan fingerprint density at radius 2 is 2.18 bits per heavy atom. The summed E-state index contributed by atoms with van der Waals surface area (Å²) in [5.74, 6) is -2.83. The summed E-state index contributed by atoms with van der Waals surface area (Å²) in [5.41, 5.74) is -0.0492. The van der Waals surface area contributed by atoms with E-state index in [1.54, 1.807) is 0 Å². The molecule has 0 saturated carbocycles. The van der Waals surface area contributed by atoms with Crippen LogP contribution in [0.4, 0.5) is 0 Å². The number of nitrogens with one attached hydrogen (secondary N) is 2. The lowest BCUT2D eigenvalue weighted by Crippen LogP contribution is -2.63. The summed E-state index contributed by atoms with van der Waals surface area (Å²) in [7, 11) is -4.00. The molecule has 186 valence electrons. The summed E-state index contributed by atoms with van der Waals surface area (Å²) in [6.07, 6.45) is 0.428. The van der Waals surface area contributed by atoms with E-state index in [4.69, 9.17) is 9.56 Å². The number of aromatic nitrogens is 1. The van der Waals surface area contributed by atoms with E-state index in [0.717, 1.165) is 6.26 Å². The number of thioether (sulfide) groups is 1. The lowest BCUT2D eigenvalue weighted by molar-refractivity contribution is -0.163. The third-order valence-corrected chi connectivity index (χ3v) is 8.53. The number of sulfonamides is 1. The van der Waals surface area contributed by atoms with Gasteiger partial charge < -0.3 is 30.2 Å². The number of β-lactam (4-membered cyclic amide) rings is 1. The fraction of sp³-hybridized carbons (Fsp3) is 0.579. The average molecular weight is 516 g/mol. The number of primary sulfonamides is 1. The van der Waals surface area contributed by atoms with Crippen LogP contribution in [-0.4, -0.2) is 76.3 Å². The first-order valence-corrected chi connectivity index (χ1v) is 13.0.